The Hall–Kier alpha value is -2.73. The summed E-state index contributed by atoms with van der Waals surface area (Å²) in [6.45, 7) is 1.51. The Labute approximate surface area is 158 Å². The molecule has 27 heavy (non-hydrogen) atoms. The van der Waals surface area contributed by atoms with Gasteiger partial charge in [0.1, 0.15) is 5.75 Å². The zero-order chi connectivity index (χ0) is 19.6. The van der Waals surface area contributed by atoms with Gasteiger partial charge in [-0.05, 0) is 48.0 Å². The molecule has 0 unspecified atom stereocenters. The van der Waals surface area contributed by atoms with Crippen LogP contribution in [0.5, 0.6) is 5.75 Å². The summed E-state index contributed by atoms with van der Waals surface area (Å²) in [6.07, 6.45) is -5.46. The maximum Gasteiger partial charge on any atom is 0.416 e. The van der Waals surface area contributed by atoms with Crippen LogP contribution >= 0.6 is 11.6 Å². The van der Waals surface area contributed by atoms with E-state index in [0.717, 1.165) is 29.0 Å². The van der Waals surface area contributed by atoms with Gasteiger partial charge in [0.05, 0.1) is 16.3 Å². The maximum atomic E-state index is 12.8. The molecule has 1 atom stereocenters. The predicted molar refractivity (Wildman–Crippen MR) is 99.1 cm³/mol. The van der Waals surface area contributed by atoms with Crippen LogP contribution in [0.3, 0.4) is 0 Å². The summed E-state index contributed by atoms with van der Waals surface area (Å²) < 4.78 is 44.1. The van der Waals surface area contributed by atoms with E-state index in [1.807, 2.05) is 30.3 Å². The van der Waals surface area contributed by atoms with Crippen LogP contribution in [-0.4, -0.2) is 12.0 Å². The molecule has 0 heterocycles. The smallest absolute Gasteiger partial charge is 0.416 e. The van der Waals surface area contributed by atoms with Crippen molar-refractivity contribution in [3.05, 3.63) is 71.2 Å². The monoisotopic (exact) mass is 393 g/mol. The highest BCUT2D eigenvalue weighted by Gasteiger charge is 2.31. The summed E-state index contributed by atoms with van der Waals surface area (Å²) in [5.41, 5.74) is -1.02. The lowest BCUT2D eigenvalue weighted by Gasteiger charge is -2.16. The number of fused-ring (bicyclic) bond motifs is 1. The van der Waals surface area contributed by atoms with E-state index in [1.165, 1.54) is 6.92 Å². The van der Waals surface area contributed by atoms with E-state index in [0.29, 0.717) is 5.75 Å². The van der Waals surface area contributed by atoms with Crippen molar-refractivity contribution in [1.29, 1.82) is 0 Å². The van der Waals surface area contributed by atoms with Crippen molar-refractivity contribution >= 4 is 34.0 Å². The normalized spacial score (nSPS) is 12.6. The van der Waals surface area contributed by atoms with Gasteiger partial charge in [-0.2, -0.15) is 13.2 Å². The van der Waals surface area contributed by atoms with Crippen LogP contribution in [-0.2, 0) is 11.0 Å². The number of anilines is 1. The standard InChI is InChI=1S/C20H15ClF3NO2/c1-12(27-16-8-6-13-4-2-3-5-14(13)10-16)19(26)25-18-11-15(20(22,23)24)7-9-17(18)21/h2-12H,1H3,(H,25,26)/t12-/m0/s1. The third kappa shape index (κ3) is 4.52. The SMILES string of the molecule is C[C@H](Oc1ccc2ccccc2c1)C(=O)Nc1cc(C(F)(F)F)ccc1Cl. The van der Waals surface area contributed by atoms with Crippen LogP contribution in [0.4, 0.5) is 18.9 Å². The number of hydrogen-bond acceptors (Lipinski definition) is 2. The van der Waals surface area contributed by atoms with Crippen molar-refractivity contribution in [2.24, 2.45) is 0 Å². The van der Waals surface area contributed by atoms with Crippen LogP contribution in [0, 0.1) is 0 Å². The van der Waals surface area contributed by atoms with Gasteiger partial charge < -0.3 is 10.1 Å². The van der Waals surface area contributed by atoms with E-state index in [1.54, 1.807) is 12.1 Å². The Balaban J connectivity index is 1.73. The number of halogens is 4. The number of carbonyl (C=O) groups excluding carboxylic acids is 1. The molecule has 1 amide bonds. The second-order valence-corrected chi connectivity index (χ2v) is 6.36. The first-order valence-electron chi connectivity index (χ1n) is 8.07. The fourth-order valence-corrected chi connectivity index (χ4v) is 2.69. The lowest BCUT2D eigenvalue weighted by Crippen LogP contribution is -2.30. The highest BCUT2D eigenvalue weighted by atomic mass is 35.5. The van der Waals surface area contributed by atoms with Gasteiger partial charge in [0.15, 0.2) is 6.10 Å². The zero-order valence-corrected chi connectivity index (χ0v) is 14.9. The molecule has 0 aromatic heterocycles. The van der Waals surface area contributed by atoms with Gasteiger partial charge in [-0.25, -0.2) is 0 Å². The van der Waals surface area contributed by atoms with Crippen LogP contribution in [0.1, 0.15) is 12.5 Å². The van der Waals surface area contributed by atoms with Gasteiger partial charge in [0.2, 0.25) is 0 Å². The molecule has 0 aliphatic carbocycles. The topological polar surface area (TPSA) is 38.3 Å². The quantitative estimate of drug-likeness (QED) is 0.597. The second kappa shape index (κ2) is 7.48. The number of rotatable bonds is 4. The summed E-state index contributed by atoms with van der Waals surface area (Å²) in [5, 5.41) is 4.37. The van der Waals surface area contributed by atoms with Crippen molar-refractivity contribution in [2.45, 2.75) is 19.2 Å². The van der Waals surface area contributed by atoms with E-state index < -0.39 is 23.8 Å². The maximum absolute atomic E-state index is 12.8. The number of alkyl halides is 3. The Morgan fingerprint density at radius 3 is 2.44 bits per heavy atom. The van der Waals surface area contributed by atoms with E-state index in [-0.39, 0.29) is 10.7 Å². The molecule has 0 saturated carbocycles. The molecular weight excluding hydrogens is 379 g/mol. The molecule has 0 spiro atoms. The number of amides is 1. The van der Waals surface area contributed by atoms with Crippen molar-refractivity contribution in [2.75, 3.05) is 5.32 Å². The Bertz CT molecular complexity index is 988. The number of nitrogens with one attached hydrogen (secondary N) is 1. The second-order valence-electron chi connectivity index (χ2n) is 5.95. The van der Waals surface area contributed by atoms with Gasteiger partial charge in [-0.1, -0.05) is 41.9 Å². The molecule has 0 aliphatic rings. The average molecular weight is 394 g/mol. The Morgan fingerprint density at radius 2 is 1.74 bits per heavy atom. The largest absolute Gasteiger partial charge is 0.481 e. The number of carbonyl (C=O) groups is 1. The Kier molecular flexibility index (Phi) is 5.28. The van der Waals surface area contributed by atoms with Gasteiger partial charge in [-0.3, -0.25) is 4.79 Å². The minimum Gasteiger partial charge on any atom is -0.481 e. The van der Waals surface area contributed by atoms with Crippen molar-refractivity contribution in [3.63, 3.8) is 0 Å². The molecule has 3 aromatic carbocycles. The first kappa shape index (κ1) is 19.0. The Morgan fingerprint density at radius 1 is 1.04 bits per heavy atom. The van der Waals surface area contributed by atoms with Crippen LogP contribution < -0.4 is 10.1 Å². The number of ether oxygens (including phenoxy) is 1. The predicted octanol–water partition coefficient (Wildman–Crippen LogP) is 5.92. The van der Waals surface area contributed by atoms with Crippen LogP contribution in [0.2, 0.25) is 5.02 Å². The summed E-state index contributed by atoms with van der Waals surface area (Å²) >= 11 is 5.90. The molecule has 3 aromatic rings. The third-order valence-electron chi connectivity index (χ3n) is 3.95. The summed E-state index contributed by atoms with van der Waals surface area (Å²) in [5.74, 6) is -0.129. The van der Waals surface area contributed by atoms with E-state index in [4.69, 9.17) is 16.3 Å². The summed E-state index contributed by atoms with van der Waals surface area (Å²) in [4.78, 5) is 12.3. The minimum absolute atomic E-state index is 0.00857. The fraction of sp³-hybridized carbons (Fsp3) is 0.150. The zero-order valence-electron chi connectivity index (χ0n) is 14.2. The molecule has 3 rings (SSSR count). The van der Waals surface area contributed by atoms with Gasteiger partial charge in [0, 0.05) is 0 Å². The van der Waals surface area contributed by atoms with Crippen LogP contribution in [0.25, 0.3) is 10.8 Å². The molecule has 0 radical (unpaired) electrons. The molecule has 0 fully saturated rings. The van der Waals surface area contributed by atoms with Gasteiger partial charge in [0.25, 0.3) is 5.91 Å². The lowest BCUT2D eigenvalue weighted by molar-refractivity contribution is -0.137. The number of hydrogen-bond donors (Lipinski definition) is 1. The van der Waals surface area contributed by atoms with Gasteiger partial charge in [-0.15, -0.1) is 0 Å². The molecule has 0 saturated heterocycles. The van der Waals surface area contributed by atoms with Crippen molar-refractivity contribution in [1.82, 2.24) is 0 Å². The fourth-order valence-electron chi connectivity index (χ4n) is 2.53. The number of benzene rings is 3. The molecule has 0 aliphatic heterocycles. The minimum atomic E-state index is -4.53. The molecule has 7 heteroatoms. The average Bonchev–Trinajstić information content (AvgIpc) is 2.62. The summed E-state index contributed by atoms with van der Waals surface area (Å²) in [6, 6.07) is 15.8. The highest BCUT2D eigenvalue weighted by Crippen LogP contribution is 2.34. The van der Waals surface area contributed by atoms with Crippen molar-refractivity contribution in [3.8, 4) is 5.75 Å². The van der Waals surface area contributed by atoms with E-state index in [2.05, 4.69) is 5.32 Å². The molecule has 0 bridgehead atoms. The van der Waals surface area contributed by atoms with E-state index >= 15 is 0 Å². The highest BCUT2D eigenvalue weighted by molar-refractivity contribution is 6.33. The summed E-state index contributed by atoms with van der Waals surface area (Å²) in [7, 11) is 0. The molecule has 140 valence electrons. The van der Waals surface area contributed by atoms with E-state index in [9.17, 15) is 18.0 Å². The first-order valence-corrected chi connectivity index (χ1v) is 8.45. The molecule has 3 nitrogen and oxygen atoms in total. The molecular formula is C20H15ClF3NO2. The van der Waals surface area contributed by atoms with Crippen molar-refractivity contribution < 1.29 is 22.7 Å². The first-order chi connectivity index (χ1) is 12.7. The molecule has 1 N–H and O–H groups in total. The third-order valence-corrected chi connectivity index (χ3v) is 4.28. The van der Waals surface area contributed by atoms with Gasteiger partial charge >= 0.3 is 6.18 Å². The van der Waals surface area contributed by atoms with Crippen LogP contribution in [0.15, 0.2) is 60.7 Å². The lowest BCUT2D eigenvalue weighted by atomic mass is 10.1.